The summed E-state index contributed by atoms with van der Waals surface area (Å²) in [6.45, 7) is 7.11. The van der Waals surface area contributed by atoms with Crippen molar-refractivity contribution >= 4 is 28.2 Å². The third kappa shape index (κ3) is 3.76. The molecule has 1 N–H and O–H groups in total. The Bertz CT molecular complexity index is 695. The van der Waals surface area contributed by atoms with Gasteiger partial charge in [0.1, 0.15) is 5.82 Å². The van der Waals surface area contributed by atoms with E-state index < -0.39 is 0 Å². The SMILES string of the molecule is C=CC(=O)N1CCC[C@@H](c2csc(Nc3ccc(C)cn3)n2)C1. The molecule has 3 rings (SSSR count). The van der Waals surface area contributed by atoms with Crippen LogP contribution in [0, 0.1) is 6.92 Å². The Hall–Kier alpha value is -2.21. The van der Waals surface area contributed by atoms with E-state index in [4.69, 9.17) is 0 Å². The van der Waals surface area contributed by atoms with Crippen LogP contribution in [-0.4, -0.2) is 33.9 Å². The lowest BCUT2D eigenvalue weighted by Crippen LogP contribution is -2.38. The molecule has 0 radical (unpaired) electrons. The fourth-order valence-corrected chi connectivity index (χ4v) is 3.53. The average molecular weight is 328 g/mol. The van der Waals surface area contributed by atoms with Crippen LogP contribution in [0.4, 0.5) is 10.9 Å². The second kappa shape index (κ2) is 6.91. The lowest BCUT2D eigenvalue weighted by atomic mass is 9.95. The van der Waals surface area contributed by atoms with Gasteiger partial charge in [0.2, 0.25) is 5.91 Å². The number of aryl methyl sites for hydroxylation is 1. The molecule has 1 saturated heterocycles. The number of rotatable bonds is 4. The molecule has 0 aliphatic carbocycles. The van der Waals surface area contributed by atoms with Gasteiger partial charge in [0.15, 0.2) is 5.13 Å². The van der Waals surface area contributed by atoms with Crippen molar-refractivity contribution in [2.24, 2.45) is 0 Å². The number of piperidine rings is 1. The smallest absolute Gasteiger partial charge is 0.245 e. The van der Waals surface area contributed by atoms with Crippen molar-refractivity contribution in [1.29, 1.82) is 0 Å². The fraction of sp³-hybridized carbons (Fsp3) is 0.353. The quantitative estimate of drug-likeness (QED) is 0.873. The molecule has 0 spiro atoms. The molecule has 0 aromatic carbocycles. The average Bonchev–Trinajstić information content (AvgIpc) is 3.05. The molecule has 120 valence electrons. The highest BCUT2D eigenvalue weighted by molar-refractivity contribution is 7.13. The highest BCUT2D eigenvalue weighted by Gasteiger charge is 2.25. The maximum atomic E-state index is 11.8. The zero-order valence-electron chi connectivity index (χ0n) is 13.2. The summed E-state index contributed by atoms with van der Waals surface area (Å²) in [4.78, 5) is 22.7. The number of carbonyl (C=O) groups is 1. The van der Waals surface area contributed by atoms with Gasteiger partial charge in [0, 0.05) is 30.6 Å². The van der Waals surface area contributed by atoms with Crippen LogP contribution in [-0.2, 0) is 4.79 Å². The number of amides is 1. The lowest BCUT2D eigenvalue weighted by molar-refractivity contribution is -0.127. The van der Waals surface area contributed by atoms with E-state index >= 15 is 0 Å². The van der Waals surface area contributed by atoms with Gasteiger partial charge in [-0.3, -0.25) is 4.79 Å². The molecular weight excluding hydrogens is 308 g/mol. The molecule has 0 saturated carbocycles. The second-order valence-corrected chi connectivity index (χ2v) is 6.61. The van der Waals surface area contributed by atoms with Gasteiger partial charge in [-0.2, -0.15) is 0 Å². The van der Waals surface area contributed by atoms with E-state index in [1.807, 2.05) is 30.2 Å². The van der Waals surface area contributed by atoms with E-state index in [9.17, 15) is 4.79 Å². The molecule has 0 bridgehead atoms. The highest BCUT2D eigenvalue weighted by atomic mass is 32.1. The van der Waals surface area contributed by atoms with E-state index in [0.29, 0.717) is 5.92 Å². The molecule has 1 aliphatic rings. The topological polar surface area (TPSA) is 58.1 Å². The lowest BCUT2D eigenvalue weighted by Gasteiger charge is -2.31. The van der Waals surface area contributed by atoms with Crippen molar-refractivity contribution in [1.82, 2.24) is 14.9 Å². The van der Waals surface area contributed by atoms with Crippen molar-refractivity contribution < 1.29 is 4.79 Å². The normalized spacial score (nSPS) is 17.8. The molecule has 0 unspecified atom stereocenters. The van der Waals surface area contributed by atoms with Crippen LogP contribution in [0.25, 0.3) is 0 Å². The number of carbonyl (C=O) groups excluding carboxylic acids is 1. The zero-order chi connectivity index (χ0) is 16.2. The van der Waals surface area contributed by atoms with Gasteiger partial charge < -0.3 is 10.2 Å². The first kappa shape index (κ1) is 15.7. The van der Waals surface area contributed by atoms with Crippen molar-refractivity contribution in [3.8, 4) is 0 Å². The number of likely N-dealkylation sites (tertiary alicyclic amines) is 1. The van der Waals surface area contributed by atoms with Gasteiger partial charge in [-0.1, -0.05) is 12.6 Å². The van der Waals surface area contributed by atoms with Gasteiger partial charge in [-0.25, -0.2) is 9.97 Å². The summed E-state index contributed by atoms with van der Waals surface area (Å²) in [7, 11) is 0. The Labute approximate surface area is 140 Å². The number of hydrogen-bond donors (Lipinski definition) is 1. The Morgan fingerprint density at radius 1 is 1.52 bits per heavy atom. The summed E-state index contributed by atoms with van der Waals surface area (Å²) in [6.07, 6.45) is 5.28. The van der Waals surface area contributed by atoms with E-state index in [0.717, 1.165) is 48.1 Å². The number of thiazole rings is 1. The standard InChI is InChI=1S/C17H20N4OS/c1-3-16(22)21-8-4-5-13(10-21)14-11-23-17(19-14)20-15-7-6-12(2)9-18-15/h3,6-7,9,11,13H,1,4-5,8,10H2,2H3,(H,18,19,20)/t13-/m1/s1. The number of anilines is 2. The Morgan fingerprint density at radius 2 is 2.39 bits per heavy atom. The summed E-state index contributed by atoms with van der Waals surface area (Å²) in [5.74, 6) is 1.10. The van der Waals surface area contributed by atoms with Crippen LogP contribution in [0.2, 0.25) is 0 Å². The molecule has 6 heteroatoms. The molecular formula is C17H20N4OS. The third-order valence-electron chi connectivity index (χ3n) is 3.99. The Kier molecular flexibility index (Phi) is 4.71. The summed E-state index contributed by atoms with van der Waals surface area (Å²) in [5, 5.41) is 6.14. The van der Waals surface area contributed by atoms with E-state index in [1.54, 1.807) is 11.3 Å². The predicted octanol–water partition coefficient (Wildman–Crippen LogP) is 3.48. The monoisotopic (exact) mass is 328 g/mol. The van der Waals surface area contributed by atoms with Crippen molar-refractivity contribution in [3.05, 3.63) is 47.6 Å². The van der Waals surface area contributed by atoms with Crippen LogP contribution < -0.4 is 5.32 Å². The molecule has 3 heterocycles. The first-order valence-corrected chi connectivity index (χ1v) is 8.60. The third-order valence-corrected chi connectivity index (χ3v) is 4.77. The van der Waals surface area contributed by atoms with Crippen molar-refractivity contribution in [3.63, 3.8) is 0 Å². The Morgan fingerprint density at radius 3 is 3.13 bits per heavy atom. The number of hydrogen-bond acceptors (Lipinski definition) is 5. The molecule has 23 heavy (non-hydrogen) atoms. The van der Waals surface area contributed by atoms with Crippen LogP contribution in [0.15, 0.2) is 36.4 Å². The Balaban J connectivity index is 1.67. The molecule has 5 nitrogen and oxygen atoms in total. The van der Waals surface area contributed by atoms with E-state index in [2.05, 4.69) is 27.2 Å². The molecule has 1 fully saturated rings. The molecule has 2 aromatic rings. The van der Waals surface area contributed by atoms with Crippen molar-refractivity contribution in [2.45, 2.75) is 25.7 Å². The second-order valence-electron chi connectivity index (χ2n) is 5.75. The van der Waals surface area contributed by atoms with Crippen LogP contribution in [0.3, 0.4) is 0 Å². The minimum atomic E-state index is 0.00661. The number of aromatic nitrogens is 2. The summed E-state index contributed by atoms with van der Waals surface area (Å²) < 4.78 is 0. The minimum Gasteiger partial charge on any atom is -0.339 e. The van der Waals surface area contributed by atoms with Gasteiger partial charge in [-0.15, -0.1) is 11.3 Å². The maximum Gasteiger partial charge on any atom is 0.245 e. The summed E-state index contributed by atoms with van der Waals surface area (Å²) >= 11 is 1.57. The van der Waals surface area contributed by atoms with Gasteiger partial charge in [-0.05, 0) is 37.5 Å². The molecule has 2 aromatic heterocycles. The van der Waals surface area contributed by atoms with Gasteiger partial charge in [0.25, 0.3) is 0 Å². The highest BCUT2D eigenvalue weighted by Crippen LogP contribution is 2.30. The van der Waals surface area contributed by atoms with Crippen LogP contribution >= 0.6 is 11.3 Å². The zero-order valence-corrected chi connectivity index (χ0v) is 14.0. The van der Waals surface area contributed by atoms with Crippen LogP contribution in [0.1, 0.15) is 30.0 Å². The molecule has 1 aliphatic heterocycles. The van der Waals surface area contributed by atoms with Gasteiger partial charge in [0.05, 0.1) is 5.69 Å². The predicted molar refractivity (Wildman–Crippen MR) is 93.1 cm³/mol. The van der Waals surface area contributed by atoms with E-state index in [-0.39, 0.29) is 5.91 Å². The first-order valence-electron chi connectivity index (χ1n) is 7.72. The minimum absolute atomic E-state index is 0.00661. The molecule has 1 amide bonds. The summed E-state index contributed by atoms with van der Waals surface area (Å²) in [5.41, 5.74) is 2.18. The first-order chi connectivity index (χ1) is 11.2. The molecule has 1 atom stereocenters. The number of nitrogens with zero attached hydrogens (tertiary/aromatic N) is 3. The largest absolute Gasteiger partial charge is 0.339 e. The number of pyridine rings is 1. The van der Waals surface area contributed by atoms with Gasteiger partial charge >= 0.3 is 0 Å². The van der Waals surface area contributed by atoms with Crippen LogP contribution in [0.5, 0.6) is 0 Å². The van der Waals surface area contributed by atoms with E-state index in [1.165, 1.54) is 6.08 Å². The summed E-state index contributed by atoms with van der Waals surface area (Å²) in [6, 6.07) is 3.96. The van der Waals surface area contributed by atoms with Crippen molar-refractivity contribution in [2.75, 3.05) is 18.4 Å². The maximum absolute atomic E-state index is 11.8. The number of nitrogens with one attached hydrogen (secondary N) is 1. The fourth-order valence-electron chi connectivity index (χ4n) is 2.73.